The van der Waals surface area contributed by atoms with Gasteiger partial charge in [-0.3, -0.25) is 25.0 Å². The summed E-state index contributed by atoms with van der Waals surface area (Å²) in [5, 5.41) is 26.4. The number of carbonyl (C=O) groups is 1. The van der Waals surface area contributed by atoms with Crippen molar-refractivity contribution in [2.75, 3.05) is 0 Å². The van der Waals surface area contributed by atoms with Crippen molar-refractivity contribution in [3.8, 4) is 16.9 Å². The second kappa shape index (κ2) is 6.32. The van der Waals surface area contributed by atoms with E-state index in [2.05, 4.69) is 5.10 Å². The molecule has 124 valence electrons. The van der Waals surface area contributed by atoms with Gasteiger partial charge in [0, 0.05) is 17.8 Å². The lowest BCUT2D eigenvalue weighted by molar-refractivity contribution is -0.394. The number of benzene rings is 2. The first-order valence-electron chi connectivity index (χ1n) is 7.04. The van der Waals surface area contributed by atoms with E-state index < -0.39 is 21.2 Å². The molecular weight excluding hydrogens is 328 g/mol. The molecule has 0 amide bonds. The fourth-order valence-corrected chi connectivity index (χ4v) is 2.38. The molecule has 0 aliphatic carbocycles. The van der Waals surface area contributed by atoms with Gasteiger partial charge in [-0.2, -0.15) is 5.10 Å². The predicted octanol–water partition coefficient (Wildman–Crippen LogP) is 3.17. The van der Waals surface area contributed by atoms with E-state index in [9.17, 15) is 25.0 Å². The van der Waals surface area contributed by atoms with E-state index >= 15 is 0 Å². The van der Waals surface area contributed by atoms with Crippen molar-refractivity contribution in [1.82, 2.24) is 9.78 Å². The molecule has 0 aliphatic heterocycles. The van der Waals surface area contributed by atoms with E-state index in [0.717, 1.165) is 12.1 Å². The van der Waals surface area contributed by atoms with E-state index in [1.165, 1.54) is 16.9 Å². The summed E-state index contributed by atoms with van der Waals surface area (Å²) in [6.07, 6.45) is 1.95. The summed E-state index contributed by atoms with van der Waals surface area (Å²) in [6.45, 7) is 0. The zero-order valence-corrected chi connectivity index (χ0v) is 12.6. The molecule has 3 aromatic rings. The SMILES string of the molecule is O=Cc1cn(-c2ccc([N+](=O)[O-])cc2[N+](=O)[O-])nc1-c1ccccc1. The number of nitro benzene ring substituents is 2. The fraction of sp³-hybridized carbons (Fsp3) is 0. The van der Waals surface area contributed by atoms with Crippen LogP contribution < -0.4 is 0 Å². The zero-order valence-electron chi connectivity index (χ0n) is 12.6. The number of rotatable bonds is 5. The first-order chi connectivity index (χ1) is 12.0. The molecule has 3 rings (SSSR count). The normalized spacial score (nSPS) is 10.4. The van der Waals surface area contributed by atoms with Crippen molar-refractivity contribution in [2.24, 2.45) is 0 Å². The van der Waals surface area contributed by atoms with Crippen molar-refractivity contribution in [3.63, 3.8) is 0 Å². The summed E-state index contributed by atoms with van der Waals surface area (Å²) in [7, 11) is 0. The van der Waals surface area contributed by atoms with Gasteiger partial charge in [-0.15, -0.1) is 0 Å². The highest BCUT2D eigenvalue weighted by Gasteiger charge is 2.22. The van der Waals surface area contributed by atoms with Crippen LogP contribution in [0.1, 0.15) is 10.4 Å². The maximum Gasteiger partial charge on any atom is 0.301 e. The monoisotopic (exact) mass is 338 g/mol. The molecule has 9 heteroatoms. The molecule has 25 heavy (non-hydrogen) atoms. The van der Waals surface area contributed by atoms with Crippen molar-refractivity contribution >= 4 is 17.7 Å². The van der Waals surface area contributed by atoms with Crippen molar-refractivity contribution < 1.29 is 14.6 Å². The maximum absolute atomic E-state index is 11.3. The van der Waals surface area contributed by atoms with E-state index in [4.69, 9.17) is 0 Å². The van der Waals surface area contributed by atoms with Crippen LogP contribution in [0.2, 0.25) is 0 Å². The number of nitrogens with zero attached hydrogens (tertiary/aromatic N) is 4. The number of hydrogen-bond acceptors (Lipinski definition) is 6. The molecular formula is C16H10N4O5. The number of aromatic nitrogens is 2. The Morgan fingerprint density at radius 1 is 1.00 bits per heavy atom. The van der Waals surface area contributed by atoms with Crippen molar-refractivity contribution in [3.05, 3.63) is 80.5 Å². The Kier molecular flexibility index (Phi) is 4.04. The number of aldehydes is 1. The Hall–Kier alpha value is -3.88. The highest BCUT2D eigenvalue weighted by atomic mass is 16.6. The molecule has 0 saturated carbocycles. The molecule has 0 atom stereocenters. The molecule has 1 heterocycles. The zero-order chi connectivity index (χ0) is 18.0. The van der Waals surface area contributed by atoms with Gasteiger partial charge in [0.2, 0.25) is 0 Å². The highest BCUT2D eigenvalue weighted by molar-refractivity contribution is 5.85. The van der Waals surface area contributed by atoms with E-state index in [1.54, 1.807) is 24.3 Å². The first kappa shape index (κ1) is 16.0. The van der Waals surface area contributed by atoms with Gasteiger partial charge in [-0.1, -0.05) is 30.3 Å². The second-order valence-corrected chi connectivity index (χ2v) is 5.05. The summed E-state index contributed by atoms with van der Waals surface area (Å²) in [5.74, 6) is 0. The van der Waals surface area contributed by atoms with Crippen LogP contribution in [0.15, 0.2) is 54.7 Å². The van der Waals surface area contributed by atoms with Crippen LogP contribution >= 0.6 is 0 Å². The average molecular weight is 338 g/mol. The first-order valence-corrected chi connectivity index (χ1v) is 7.04. The van der Waals surface area contributed by atoms with Gasteiger partial charge in [-0.05, 0) is 6.07 Å². The van der Waals surface area contributed by atoms with Crippen LogP contribution in [0.5, 0.6) is 0 Å². The van der Waals surface area contributed by atoms with Crippen LogP contribution in [0.25, 0.3) is 16.9 Å². The molecule has 9 nitrogen and oxygen atoms in total. The lowest BCUT2D eigenvalue weighted by Gasteiger charge is -2.03. The topological polar surface area (TPSA) is 121 Å². The van der Waals surface area contributed by atoms with E-state index in [0.29, 0.717) is 17.5 Å². The summed E-state index contributed by atoms with van der Waals surface area (Å²) >= 11 is 0. The molecule has 2 aromatic carbocycles. The predicted molar refractivity (Wildman–Crippen MR) is 87.7 cm³/mol. The Balaban J connectivity index is 2.17. The lowest BCUT2D eigenvalue weighted by Crippen LogP contribution is -2.02. The Bertz CT molecular complexity index is 981. The average Bonchev–Trinajstić information content (AvgIpc) is 3.06. The van der Waals surface area contributed by atoms with Crippen LogP contribution in [-0.4, -0.2) is 25.9 Å². The third-order valence-electron chi connectivity index (χ3n) is 3.53. The standard InChI is InChI=1S/C16H10N4O5/c21-10-12-9-18(17-16(12)11-4-2-1-3-5-11)14-7-6-13(19(22)23)8-15(14)20(24)25/h1-10H. The van der Waals surface area contributed by atoms with Crippen molar-refractivity contribution in [2.45, 2.75) is 0 Å². The van der Waals surface area contributed by atoms with Crippen LogP contribution in [0.4, 0.5) is 11.4 Å². The van der Waals surface area contributed by atoms with Crippen LogP contribution in [-0.2, 0) is 0 Å². The molecule has 1 aromatic heterocycles. The highest BCUT2D eigenvalue weighted by Crippen LogP contribution is 2.29. The van der Waals surface area contributed by atoms with Crippen LogP contribution in [0.3, 0.4) is 0 Å². The molecule has 0 bridgehead atoms. The molecule has 0 unspecified atom stereocenters. The number of hydrogen-bond donors (Lipinski definition) is 0. The van der Waals surface area contributed by atoms with Gasteiger partial charge < -0.3 is 0 Å². The summed E-state index contributed by atoms with van der Waals surface area (Å²) in [5.41, 5.74) is 0.436. The lowest BCUT2D eigenvalue weighted by atomic mass is 10.1. The van der Waals surface area contributed by atoms with Gasteiger partial charge in [0.05, 0.1) is 21.5 Å². The molecule has 0 N–H and O–H groups in total. The van der Waals surface area contributed by atoms with Gasteiger partial charge in [-0.25, -0.2) is 4.68 Å². The second-order valence-electron chi connectivity index (χ2n) is 5.05. The fourth-order valence-electron chi connectivity index (χ4n) is 2.38. The summed E-state index contributed by atoms with van der Waals surface area (Å²) in [6, 6.07) is 12.1. The molecule has 0 fully saturated rings. The third-order valence-corrected chi connectivity index (χ3v) is 3.53. The largest absolute Gasteiger partial charge is 0.301 e. The van der Waals surface area contributed by atoms with Gasteiger partial charge in [0.15, 0.2) is 6.29 Å². The minimum Gasteiger partial charge on any atom is -0.298 e. The Morgan fingerprint density at radius 3 is 2.32 bits per heavy atom. The van der Waals surface area contributed by atoms with Gasteiger partial charge >= 0.3 is 5.69 Å². The summed E-state index contributed by atoms with van der Waals surface area (Å²) in [4.78, 5) is 32.0. The number of non-ortho nitro benzene ring substituents is 1. The Morgan fingerprint density at radius 2 is 1.72 bits per heavy atom. The minimum absolute atomic E-state index is 0.0286. The molecule has 0 saturated heterocycles. The van der Waals surface area contributed by atoms with E-state index in [1.807, 2.05) is 6.07 Å². The molecule has 0 spiro atoms. The van der Waals surface area contributed by atoms with Crippen molar-refractivity contribution in [1.29, 1.82) is 0 Å². The summed E-state index contributed by atoms with van der Waals surface area (Å²) < 4.78 is 1.17. The number of nitro groups is 2. The number of carbonyl (C=O) groups excluding carboxylic acids is 1. The third kappa shape index (κ3) is 2.98. The molecule has 0 aliphatic rings. The quantitative estimate of drug-likeness (QED) is 0.400. The van der Waals surface area contributed by atoms with E-state index in [-0.39, 0.29) is 11.3 Å². The Labute approximate surface area is 140 Å². The minimum atomic E-state index is -0.729. The molecule has 0 radical (unpaired) electrons. The smallest absolute Gasteiger partial charge is 0.298 e. The van der Waals surface area contributed by atoms with Gasteiger partial charge in [0.1, 0.15) is 11.4 Å². The maximum atomic E-state index is 11.3. The van der Waals surface area contributed by atoms with Gasteiger partial charge in [0.25, 0.3) is 5.69 Å². The van der Waals surface area contributed by atoms with Crippen LogP contribution in [0, 0.1) is 20.2 Å².